The minimum Gasteiger partial charge on any atom is -0.497 e. The average Bonchev–Trinajstić information content (AvgIpc) is 2.80. The standard InChI is InChI=1S/C24H18BrN3O3/c1-30-20-8-10-21(11-9-20)31-23-14-22(26-15-27-23)16-4-2-5-17(12-16)24(29)28-19-7-3-6-18(25)13-19/h2-15H,1H3,(H,28,29). The van der Waals surface area contributed by atoms with E-state index in [-0.39, 0.29) is 5.91 Å². The van der Waals surface area contributed by atoms with Crippen LogP contribution in [0.25, 0.3) is 11.3 Å². The van der Waals surface area contributed by atoms with Crippen molar-refractivity contribution in [1.82, 2.24) is 9.97 Å². The Bertz CT molecular complexity index is 1210. The van der Waals surface area contributed by atoms with Gasteiger partial charge in [0.2, 0.25) is 5.88 Å². The van der Waals surface area contributed by atoms with E-state index in [0.717, 1.165) is 15.8 Å². The number of aromatic nitrogens is 2. The summed E-state index contributed by atoms with van der Waals surface area (Å²) in [7, 11) is 1.61. The van der Waals surface area contributed by atoms with Gasteiger partial charge in [-0.25, -0.2) is 9.97 Å². The van der Waals surface area contributed by atoms with Gasteiger partial charge in [0.25, 0.3) is 5.91 Å². The molecule has 7 heteroatoms. The number of carbonyl (C=O) groups excluding carboxylic acids is 1. The van der Waals surface area contributed by atoms with Crippen LogP contribution in [0.1, 0.15) is 10.4 Å². The van der Waals surface area contributed by atoms with Gasteiger partial charge in [0.05, 0.1) is 12.8 Å². The molecule has 3 aromatic carbocycles. The van der Waals surface area contributed by atoms with E-state index in [1.54, 1.807) is 37.4 Å². The number of methoxy groups -OCH3 is 1. The Hall–Kier alpha value is -3.71. The van der Waals surface area contributed by atoms with E-state index in [9.17, 15) is 4.79 Å². The van der Waals surface area contributed by atoms with Crippen molar-refractivity contribution in [2.75, 3.05) is 12.4 Å². The van der Waals surface area contributed by atoms with Crippen molar-refractivity contribution in [3.05, 3.63) is 95.2 Å². The minimum absolute atomic E-state index is 0.205. The Balaban J connectivity index is 1.53. The van der Waals surface area contributed by atoms with Gasteiger partial charge in [-0.05, 0) is 54.6 Å². The quantitative estimate of drug-likeness (QED) is 0.372. The third-order valence-electron chi connectivity index (χ3n) is 4.43. The molecule has 0 atom stereocenters. The number of halogens is 1. The highest BCUT2D eigenvalue weighted by atomic mass is 79.9. The average molecular weight is 476 g/mol. The number of amides is 1. The minimum atomic E-state index is -0.205. The van der Waals surface area contributed by atoms with Crippen LogP contribution in [0.5, 0.6) is 17.4 Å². The van der Waals surface area contributed by atoms with Crippen molar-refractivity contribution >= 4 is 27.5 Å². The number of benzene rings is 3. The monoisotopic (exact) mass is 475 g/mol. The fraction of sp³-hybridized carbons (Fsp3) is 0.0417. The summed E-state index contributed by atoms with van der Waals surface area (Å²) in [6.45, 7) is 0. The van der Waals surface area contributed by atoms with Crippen LogP contribution in [0.15, 0.2) is 89.7 Å². The third-order valence-corrected chi connectivity index (χ3v) is 4.92. The highest BCUT2D eigenvalue weighted by Crippen LogP contribution is 2.26. The molecule has 0 radical (unpaired) electrons. The molecule has 0 aliphatic rings. The second kappa shape index (κ2) is 9.40. The first-order valence-electron chi connectivity index (χ1n) is 9.42. The van der Waals surface area contributed by atoms with Crippen molar-refractivity contribution in [1.29, 1.82) is 0 Å². The maximum Gasteiger partial charge on any atom is 0.255 e. The molecule has 0 bridgehead atoms. The van der Waals surface area contributed by atoms with Gasteiger partial charge in [-0.3, -0.25) is 4.79 Å². The number of ether oxygens (including phenoxy) is 2. The number of nitrogens with one attached hydrogen (secondary N) is 1. The maximum atomic E-state index is 12.7. The number of nitrogens with zero attached hydrogens (tertiary/aromatic N) is 2. The highest BCUT2D eigenvalue weighted by Gasteiger charge is 2.10. The molecule has 4 aromatic rings. The summed E-state index contributed by atoms with van der Waals surface area (Å²) in [5.74, 6) is 1.57. The zero-order valence-electron chi connectivity index (χ0n) is 16.6. The fourth-order valence-corrected chi connectivity index (χ4v) is 3.31. The van der Waals surface area contributed by atoms with Crippen molar-refractivity contribution in [2.24, 2.45) is 0 Å². The molecule has 0 spiro atoms. The molecule has 0 saturated heterocycles. The molecule has 154 valence electrons. The molecule has 31 heavy (non-hydrogen) atoms. The summed E-state index contributed by atoms with van der Waals surface area (Å²) in [6.07, 6.45) is 1.43. The smallest absolute Gasteiger partial charge is 0.255 e. The van der Waals surface area contributed by atoms with E-state index in [4.69, 9.17) is 9.47 Å². The topological polar surface area (TPSA) is 73.3 Å². The van der Waals surface area contributed by atoms with E-state index in [2.05, 4.69) is 31.2 Å². The summed E-state index contributed by atoms with van der Waals surface area (Å²) in [6, 6.07) is 23.6. The molecule has 0 fully saturated rings. The van der Waals surface area contributed by atoms with Gasteiger partial charge < -0.3 is 14.8 Å². The summed E-state index contributed by atoms with van der Waals surface area (Å²) < 4.78 is 11.9. The normalized spacial score (nSPS) is 10.4. The molecule has 1 N–H and O–H groups in total. The van der Waals surface area contributed by atoms with E-state index >= 15 is 0 Å². The van der Waals surface area contributed by atoms with Gasteiger partial charge >= 0.3 is 0 Å². The van der Waals surface area contributed by atoms with Crippen molar-refractivity contribution < 1.29 is 14.3 Å². The van der Waals surface area contributed by atoms with Crippen LogP contribution in [0.3, 0.4) is 0 Å². The zero-order valence-corrected chi connectivity index (χ0v) is 18.2. The lowest BCUT2D eigenvalue weighted by atomic mass is 10.1. The van der Waals surface area contributed by atoms with Gasteiger partial charge in [0.15, 0.2) is 0 Å². The van der Waals surface area contributed by atoms with Crippen molar-refractivity contribution in [3.63, 3.8) is 0 Å². The Morgan fingerprint density at radius 3 is 2.45 bits per heavy atom. The molecule has 4 rings (SSSR count). The van der Waals surface area contributed by atoms with Gasteiger partial charge in [0.1, 0.15) is 17.8 Å². The lowest BCUT2D eigenvalue weighted by Crippen LogP contribution is -2.11. The largest absolute Gasteiger partial charge is 0.497 e. The number of anilines is 1. The molecular weight excluding hydrogens is 458 g/mol. The Labute approximate surface area is 188 Å². The summed E-state index contributed by atoms with van der Waals surface area (Å²) >= 11 is 3.40. The highest BCUT2D eigenvalue weighted by molar-refractivity contribution is 9.10. The lowest BCUT2D eigenvalue weighted by Gasteiger charge is -2.09. The van der Waals surface area contributed by atoms with Gasteiger partial charge in [-0.2, -0.15) is 0 Å². The number of hydrogen-bond donors (Lipinski definition) is 1. The van der Waals surface area contributed by atoms with Crippen molar-refractivity contribution in [2.45, 2.75) is 0 Å². The number of rotatable bonds is 6. The van der Waals surface area contributed by atoms with Crippen LogP contribution >= 0.6 is 15.9 Å². The van der Waals surface area contributed by atoms with Crippen LogP contribution in [-0.2, 0) is 0 Å². The van der Waals surface area contributed by atoms with E-state index in [1.165, 1.54) is 6.33 Å². The summed E-state index contributed by atoms with van der Waals surface area (Å²) in [5.41, 5.74) is 2.66. The molecule has 1 amide bonds. The summed E-state index contributed by atoms with van der Waals surface area (Å²) in [4.78, 5) is 21.2. The third kappa shape index (κ3) is 5.26. The SMILES string of the molecule is COc1ccc(Oc2cc(-c3cccc(C(=O)Nc4cccc(Br)c4)c3)ncn2)cc1. The molecule has 0 unspecified atom stereocenters. The maximum absolute atomic E-state index is 12.7. The van der Waals surface area contributed by atoms with Crippen molar-refractivity contribution in [3.8, 4) is 28.6 Å². The molecule has 0 aliphatic heterocycles. The van der Waals surface area contributed by atoms with Gasteiger partial charge in [0, 0.05) is 27.4 Å². The predicted molar refractivity (Wildman–Crippen MR) is 123 cm³/mol. The molecule has 1 heterocycles. The first-order chi connectivity index (χ1) is 15.1. The lowest BCUT2D eigenvalue weighted by molar-refractivity contribution is 0.102. The first-order valence-corrected chi connectivity index (χ1v) is 10.2. The first kappa shape index (κ1) is 20.6. The number of carbonyl (C=O) groups is 1. The zero-order chi connectivity index (χ0) is 21.6. The molecule has 0 saturated carbocycles. The van der Waals surface area contributed by atoms with E-state index in [0.29, 0.717) is 28.6 Å². The molecule has 6 nitrogen and oxygen atoms in total. The number of hydrogen-bond acceptors (Lipinski definition) is 5. The van der Waals surface area contributed by atoms with Gasteiger partial charge in [-0.15, -0.1) is 0 Å². The van der Waals surface area contributed by atoms with E-state index < -0.39 is 0 Å². The van der Waals surface area contributed by atoms with Crippen LogP contribution in [-0.4, -0.2) is 23.0 Å². The van der Waals surface area contributed by atoms with Crippen LogP contribution < -0.4 is 14.8 Å². The Kier molecular flexibility index (Phi) is 6.24. The fourth-order valence-electron chi connectivity index (χ4n) is 2.91. The Morgan fingerprint density at radius 1 is 0.903 bits per heavy atom. The van der Waals surface area contributed by atoms with E-state index in [1.807, 2.05) is 48.5 Å². The predicted octanol–water partition coefficient (Wildman–Crippen LogP) is 5.96. The molecular formula is C24H18BrN3O3. The van der Waals surface area contributed by atoms with Crippen LogP contribution in [0.2, 0.25) is 0 Å². The molecule has 1 aromatic heterocycles. The summed E-state index contributed by atoms with van der Waals surface area (Å²) in [5, 5.41) is 2.89. The second-order valence-corrected chi connectivity index (χ2v) is 7.48. The second-order valence-electron chi connectivity index (χ2n) is 6.56. The van der Waals surface area contributed by atoms with Crippen LogP contribution in [0, 0.1) is 0 Å². The Morgan fingerprint density at radius 2 is 1.68 bits per heavy atom. The van der Waals surface area contributed by atoms with Crippen LogP contribution in [0.4, 0.5) is 5.69 Å². The van der Waals surface area contributed by atoms with Gasteiger partial charge in [-0.1, -0.05) is 34.1 Å². The molecule has 0 aliphatic carbocycles.